The van der Waals surface area contributed by atoms with Crippen LogP contribution in [0.15, 0.2) is 23.1 Å². The number of sulfonamides is 1. The van der Waals surface area contributed by atoms with Crippen LogP contribution in [0.3, 0.4) is 0 Å². The second kappa shape index (κ2) is 6.88. The third kappa shape index (κ3) is 3.67. The van der Waals surface area contributed by atoms with E-state index < -0.39 is 10.0 Å². The average molecular weight is 340 g/mol. The van der Waals surface area contributed by atoms with Gasteiger partial charge in [-0.1, -0.05) is 20.8 Å². The first kappa shape index (κ1) is 17.7. The molecule has 0 spiro atoms. The molecule has 2 atom stereocenters. The van der Waals surface area contributed by atoms with Gasteiger partial charge in [-0.25, -0.2) is 8.42 Å². The lowest BCUT2D eigenvalue weighted by atomic mass is 10.2. The van der Waals surface area contributed by atoms with Gasteiger partial charge in [0.15, 0.2) is 0 Å². The first-order valence-corrected chi connectivity index (χ1v) is 9.28. The zero-order valence-electron chi connectivity index (χ0n) is 14.0. The van der Waals surface area contributed by atoms with E-state index in [0.29, 0.717) is 30.4 Å². The van der Waals surface area contributed by atoms with Crippen molar-refractivity contribution in [1.82, 2.24) is 4.31 Å². The number of nitrogens with zero attached hydrogens (tertiary/aromatic N) is 1. The fraction of sp³-hybridized carbons (Fsp3) is 0.562. The molecule has 128 valence electrons. The highest BCUT2D eigenvalue weighted by atomic mass is 32.2. The number of hydrogen-bond acceptors (Lipinski definition) is 4. The van der Waals surface area contributed by atoms with E-state index in [1.165, 1.54) is 23.5 Å². The molecule has 23 heavy (non-hydrogen) atoms. The van der Waals surface area contributed by atoms with Gasteiger partial charge in [0.25, 0.3) is 0 Å². The molecule has 1 aromatic carbocycles. The van der Waals surface area contributed by atoms with Crippen molar-refractivity contribution in [2.24, 2.45) is 11.8 Å². The molecule has 1 aromatic rings. The Balaban J connectivity index is 2.33. The summed E-state index contributed by atoms with van der Waals surface area (Å²) in [5.41, 5.74) is 0.393. The number of carbonyl (C=O) groups excluding carboxylic acids is 1. The van der Waals surface area contributed by atoms with E-state index >= 15 is 0 Å². The fourth-order valence-corrected chi connectivity index (χ4v) is 4.06. The van der Waals surface area contributed by atoms with Gasteiger partial charge in [0.2, 0.25) is 15.9 Å². The fourth-order valence-electron chi connectivity index (χ4n) is 2.57. The molecule has 1 saturated carbocycles. The third-order valence-corrected chi connectivity index (χ3v) is 6.26. The molecule has 1 amide bonds. The van der Waals surface area contributed by atoms with Gasteiger partial charge in [-0.05, 0) is 30.5 Å². The van der Waals surface area contributed by atoms with Crippen molar-refractivity contribution in [3.05, 3.63) is 18.2 Å². The SMILES string of the molecule is CCN(CC)S(=O)(=O)c1ccc(OC)c(NC(=O)C2CC2C)c1. The Morgan fingerprint density at radius 1 is 1.35 bits per heavy atom. The summed E-state index contributed by atoms with van der Waals surface area (Å²) in [7, 11) is -2.08. The van der Waals surface area contributed by atoms with Crippen molar-refractivity contribution in [2.75, 3.05) is 25.5 Å². The van der Waals surface area contributed by atoms with Crippen LogP contribution in [0.4, 0.5) is 5.69 Å². The van der Waals surface area contributed by atoms with Crippen molar-refractivity contribution in [2.45, 2.75) is 32.1 Å². The molecule has 7 heteroatoms. The Kier molecular flexibility index (Phi) is 5.31. The van der Waals surface area contributed by atoms with Gasteiger partial charge in [0.1, 0.15) is 5.75 Å². The van der Waals surface area contributed by atoms with E-state index in [1.807, 2.05) is 6.92 Å². The average Bonchev–Trinajstić information content (AvgIpc) is 3.25. The van der Waals surface area contributed by atoms with Crippen LogP contribution in [-0.4, -0.2) is 38.8 Å². The number of ether oxygens (including phenoxy) is 1. The summed E-state index contributed by atoms with van der Waals surface area (Å²) in [6.07, 6.45) is 0.867. The van der Waals surface area contributed by atoms with Crippen LogP contribution < -0.4 is 10.1 Å². The summed E-state index contributed by atoms with van der Waals surface area (Å²) in [6.45, 7) is 6.39. The van der Waals surface area contributed by atoms with E-state index in [0.717, 1.165) is 6.42 Å². The number of benzene rings is 1. The van der Waals surface area contributed by atoms with Crippen LogP contribution in [0.2, 0.25) is 0 Å². The van der Waals surface area contributed by atoms with E-state index in [1.54, 1.807) is 19.9 Å². The zero-order chi connectivity index (χ0) is 17.2. The number of amides is 1. The lowest BCUT2D eigenvalue weighted by molar-refractivity contribution is -0.117. The third-order valence-electron chi connectivity index (χ3n) is 4.22. The maximum absolute atomic E-state index is 12.6. The zero-order valence-corrected chi connectivity index (χ0v) is 14.8. The molecule has 0 radical (unpaired) electrons. The summed E-state index contributed by atoms with van der Waals surface area (Å²) in [5, 5.41) is 2.79. The second-order valence-electron chi connectivity index (χ2n) is 5.76. The number of rotatable bonds is 7. The van der Waals surface area contributed by atoms with Gasteiger partial charge in [0.05, 0.1) is 17.7 Å². The quantitative estimate of drug-likeness (QED) is 0.826. The van der Waals surface area contributed by atoms with E-state index in [-0.39, 0.29) is 16.7 Å². The summed E-state index contributed by atoms with van der Waals surface area (Å²) >= 11 is 0. The number of nitrogens with one attached hydrogen (secondary N) is 1. The van der Waals surface area contributed by atoms with E-state index in [9.17, 15) is 13.2 Å². The topological polar surface area (TPSA) is 75.7 Å². The first-order chi connectivity index (χ1) is 10.8. The van der Waals surface area contributed by atoms with Gasteiger partial charge in [-0.2, -0.15) is 4.31 Å². The van der Waals surface area contributed by atoms with E-state index in [2.05, 4.69) is 5.32 Å². The van der Waals surface area contributed by atoms with Crippen LogP contribution >= 0.6 is 0 Å². The molecular formula is C16H24N2O4S. The number of hydrogen-bond donors (Lipinski definition) is 1. The Labute approximate surface area is 137 Å². The molecule has 0 heterocycles. The minimum atomic E-state index is -3.57. The number of methoxy groups -OCH3 is 1. The molecule has 2 unspecified atom stereocenters. The van der Waals surface area contributed by atoms with Crippen molar-refractivity contribution in [1.29, 1.82) is 0 Å². The van der Waals surface area contributed by atoms with Gasteiger partial charge < -0.3 is 10.1 Å². The van der Waals surface area contributed by atoms with Gasteiger partial charge >= 0.3 is 0 Å². The molecule has 1 aliphatic rings. The Morgan fingerprint density at radius 2 is 1.96 bits per heavy atom. The number of carbonyl (C=O) groups is 1. The summed E-state index contributed by atoms with van der Waals surface area (Å²) in [6, 6.07) is 4.54. The highest BCUT2D eigenvalue weighted by Crippen LogP contribution is 2.39. The van der Waals surface area contributed by atoms with Gasteiger partial charge in [0, 0.05) is 19.0 Å². The predicted molar refractivity (Wildman–Crippen MR) is 89.0 cm³/mol. The second-order valence-corrected chi connectivity index (χ2v) is 7.70. The van der Waals surface area contributed by atoms with E-state index in [4.69, 9.17) is 4.74 Å². The van der Waals surface area contributed by atoms with Crippen LogP contribution in [0.25, 0.3) is 0 Å². The lowest BCUT2D eigenvalue weighted by Gasteiger charge is -2.19. The molecule has 1 aliphatic carbocycles. The molecule has 2 rings (SSSR count). The molecule has 0 aliphatic heterocycles. The normalized spacial score (nSPS) is 20.4. The van der Waals surface area contributed by atoms with Crippen LogP contribution in [0.1, 0.15) is 27.2 Å². The highest BCUT2D eigenvalue weighted by Gasteiger charge is 2.39. The highest BCUT2D eigenvalue weighted by molar-refractivity contribution is 7.89. The van der Waals surface area contributed by atoms with Crippen molar-refractivity contribution in [3.8, 4) is 5.75 Å². The van der Waals surface area contributed by atoms with Crippen LogP contribution in [0.5, 0.6) is 5.75 Å². The lowest BCUT2D eigenvalue weighted by Crippen LogP contribution is -2.30. The van der Waals surface area contributed by atoms with Crippen molar-refractivity contribution >= 4 is 21.6 Å². The minimum absolute atomic E-state index is 0.00255. The molecular weight excluding hydrogens is 316 g/mol. The van der Waals surface area contributed by atoms with Crippen LogP contribution in [-0.2, 0) is 14.8 Å². The molecule has 0 saturated heterocycles. The summed E-state index contributed by atoms with van der Waals surface area (Å²) in [4.78, 5) is 12.3. The summed E-state index contributed by atoms with van der Waals surface area (Å²) < 4.78 is 31.8. The first-order valence-electron chi connectivity index (χ1n) is 7.84. The summed E-state index contributed by atoms with van der Waals surface area (Å²) in [5.74, 6) is 0.740. The number of anilines is 1. The monoisotopic (exact) mass is 340 g/mol. The Hall–Kier alpha value is -1.60. The Bertz CT molecular complexity index is 683. The van der Waals surface area contributed by atoms with Gasteiger partial charge in [-0.15, -0.1) is 0 Å². The minimum Gasteiger partial charge on any atom is -0.495 e. The molecule has 6 nitrogen and oxygen atoms in total. The molecule has 1 N–H and O–H groups in total. The maximum Gasteiger partial charge on any atom is 0.243 e. The van der Waals surface area contributed by atoms with Crippen molar-refractivity contribution < 1.29 is 17.9 Å². The smallest absolute Gasteiger partial charge is 0.243 e. The Morgan fingerprint density at radius 3 is 2.43 bits per heavy atom. The van der Waals surface area contributed by atoms with Gasteiger partial charge in [-0.3, -0.25) is 4.79 Å². The molecule has 0 aromatic heterocycles. The van der Waals surface area contributed by atoms with Crippen LogP contribution in [0, 0.1) is 11.8 Å². The largest absolute Gasteiger partial charge is 0.495 e. The van der Waals surface area contributed by atoms with Crippen molar-refractivity contribution in [3.63, 3.8) is 0 Å². The predicted octanol–water partition coefficient (Wildman–Crippen LogP) is 2.32. The standard InChI is InChI=1S/C16H24N2O4S/c1-5-18(6-2)23(20,21)12-7-8-15(22-4)14(10-12)17-16(19)13-9-11(13)3/h7-8,10-11,13H,5-6,9H2,1-4H3,(H,17,19). The molecule has 1 fully saturated rings. The maximum atomic E-state index is 12.6. The molecule has 0 bridgehead atoms.